The van der Waals surface area contributed by atoms with Crippen LogP contribution in [0.15, 0.2) is 127 Å². The van der Waals surface area contributed by atoms with Crippen molar-refractivity contribution in [2.75, 3.05) is 0 Å². The summed E-state index contributed by atoms with van der Waals surface area (Å²) in [5.74, 6) is 0.704. The van der Waals surface area contributed by atoms with E-state index in [1.165, 1.54) is 28.3 Å². The predicted molar refractivity (Wildman–Crippen MR) is 341 cm³/mol. The molecule has 0 saturated carbocycles. The van der Waals surface area contributed by atoms with Crippen molar-refractivity contribution in [1.82, 2.24) is 0 Å². The summed E-state index contributed by atoms with van der Waals surface area (Å²) in [5.41, 5.74) is 11.4. The number of hydrogen-bond acceptors (Lipinski definition) is 0. The third-order valence-corrected chi connectivity index (χ3v) is 13.8. The first-order valence-electron chi connectivity index (χ1n) is 27.4. The molecule has 0 aliphatic carbocycles. The van der Waals surface area contributed by atoms with E-state index in [0.29, 0.717) is 23.3 Å². The molecule has 0 saturated heterocycles. The molecule has 0 aliphatic heterocycles. The van der Waals surface area contributed by atoms with Crippen molar-refractivity contribution in [1.29, 1.82) is 0 Å². The lowest BCUT2D eigenvalue weighted by Crippen LogP contribution is -2.13. The second-order valence-electron chi connectivity index (χ2n) is 24.7. The Morgan fingerprint density at radius 1 is 0.312 bits per heavy atom. The first kappa shape index (κ1) is 73.4. The van der Waals surface area contributed by atoms with Gasteiger partial charge in [-0.25, -0.2) is 22.0 Å². The molecule has 0 heterocycles. The van der Waals surface area contributed by atoms with Crippen LogP contribution in [-0.2, 0) is 16.2 Å². The van der Waals surface area contributed by atoms with Gasteiger partial charge in [-0.2, -0.15) is 0 Å². The Balaban J connectivity index is 0.000000467. The fraction of sp³-hybridized carbons (Fsp3) is 0.408. The van der Waals surface area contributed by atoms with Crippen LogP contribution in [0.2, 0.25) is 20.1 Å². The third-order valence-electron chi connectivity index (χ3n) is 12.6. The standard InChI is InChI=1S/C11H15F.C10H12Cl2.2C10H13Cl.C10H12F2.2C10H13F/c1-8-5-6-9(10(12)7-8)11(2,3)4;1-10(2,3)8-6-7(11)4-5-9(8)12;2*1-7(2)9-5-4-8(3)6-10(9)11;1-10(2,3)8-6-7(11)4-5-9(8)12;1-7(2)9-5-4-8(3)10(11)6-9;1-7(2)9-5-4-8(3)6-10(9)11/h5-7H,1-4H3;4-6H,1-3H3;2*4-7H,1-3H3;4-6H,1-3H3;2*4-7H,1-3H3. The van der Waals surface area contributed by atoms with Gasteiger partial charge >= 0.3 is 0 Å². The normalized spacial score (nSPS) is 11.1. The molecule has 0 unspecified atom stereocenters. The van der Waals surface area contributed by atoms with Crippen molar-refractivity contribution in [3.63, 3.8) is 0 Å². The number of benzene rings is 7. The first-order chi connectivity index (χ1) is 36.7. The SMILES string of the molecule is CC(C)(C)c1cc(Cl)ccc1Cl.CC(C)(C)c1cc(F)ccc1F.Cc1ccc(C(C)(C)C)c(F)c1.Cc1ccc(C(C)C)c(Cl)c1.Cc1ccc(C(C)C)c(Cl)c1.Cc1ccc(C(C)C)c(F)c1.Cc1ccc(C(C)C)cc1F. The Bertz CT molecular complexity index is 2810. The van der Waals surface area contributed by atoms with Gasteiger partial charge in [0.05, 0.1) is 0 Å². The van der Waals surface area contributed by atoms with Crippen LogP contribution >= 0.6 is 46.4 Å². The zero-order valence-corrected chi connectivity index (χ0v) is 54.9. The van der Waals surface area contributed by atoms with E-state index in [0.717, 1.165) is 71.2 Å². The zero-order chi connectivity index (χ0) is 61.8. The largest absolute Gasteiger partial charge is 0.207 e. The number of rotatable bonds is 4. The molecule has 0 nitrogen and oxygen atoms in total. The van der Waals surface area contributed by atoms with Crippen LogP contribution in [0, 0.1) is 63.7 Å². The summed E-state index contributed by atoms with van der Waals surface area (Å²) in [6.45, 7) is 44.3. The molecular formula is C71H91Cl4F5. The van der Waals surface area contributed by atoms with Crippen LogP contribution in [0.4, 0.5) is 22.0 Å². The second-order valence-corrected chi connectivity index (χ2v) is 26.3. The van der Waals surface area contributed by atoms with Gasteiger partial charge in [-0.3, -0.25) is 0 Å². The van der Waals surface area contributed by atoms with E-state index >= 15 is 0 Å². The minimum absolute atomic E-state index is 0.0575. The molecule has 0 bridgehead atoms. The maximum atomic E-state index is 13.3. The van der Waals surface area contributed by atoms with E-state index < -0.39 is 0 Å². The maximum absolute atomic E-state index is 13.3. The van der Waals surface area contributed by atoms with Gasteiger partial charge in [0, 0.05) is 20.1 Å². The highest BCUT2D eigenvalue weighted by Gasteiger charge is 2.20. The lowest BCUT2D eigenvalue weighted by Gasteiger charge is -2.20. The second kappa shape index (κ2) is 33.5. The molecule has 0 spiro atoms. The number of aryl methyl sites for hydroxylation is 5. The van der Waals surface area contributed by atoms with Gasteiger partial charge in [-0.1, -0.05) is 225 Å². The summed E-state index contributed by atoms with van der Waals surface area (Å²) in [4.78, 5) is 0. The van der Waals surface area contributed by atoms with Crippen LogP contribution in [0.5, 0.6) is 0 Å². The number of hydrogen-bond donors (Lipinski definition) is 0. The molecule has 0 N–H and O–H groups in total. The molecule has 0 aliphatic rings. The average Bonchev–Trinajstić information content (AvgIpc) is 3.31. The smallest absolute Gasteiger partial charge is 0.127 e. The molecule has 0 amide bonds. The monoisotopic (exact) mass is 1180 g/mol. The van der Waals surface area contributed by atoms with E-state index in [2.05, 4.69) is 100 Å². The van der Waals surface area contributed by atoms with Crippen LogP contribution in [0.25, 0.3) is 0 Å². The van der Waals surface area contributed by atoms with E-state index in [-0.39, 0.29) is 51.2 Å². The van der Waals surface area contributed by atoms with Gasteiger partial charge in [-0.15, -0.1) is 0 Å². The lowest BCUT2D eigenvalue weighted by molar-refractivity contribution is 0.511. The molecular weight excluding hydrogens is 1090 g/mol. The number of halogens is 9. The van der Waals surface area contributed by atoms with Crippen LogP contribution < -0.4 is 0 Å². The van der Waals surface area contributed by atoms with Crippen molar-refractivity contribution >= 4 is 46.4 Å². The van der Waals surface area contributed by atoms with Gasteiger partial charge in [0.15, 0.2) is 0 Å². The van der Waals surface area contributed by atoms with E-state index in [4.69, 9.17) is 46.4 Å². The molecule has 0 fully saturated rings. The Hall–Kier alpha value is -4.65. The fourth-order valence-electron chi connectivity index (χ4n) is 7.64. The Morgan fingerprint density at radius 3 is 1.07 bits per heavy atom. The summed E-state index contributed by atoms with van der Waals surface area (Å²) in [7, 11) is 0. The zero-order valence-electron chi connectivity index (χ0n) is 51.8. The van der Waals surface area contributed by atoms with Crippen molar-refractivity contribution in [2.24, 2.45) is 0 Å². The lowest BCUT2D eigenvalue weighted by atomic mass is 9.86. The van der Waals surface area contributed by atoms with Gasteiger partial charge in [0.2, 0.25) is 0 Å². The Labute approximate surface area is 500 Å². The highest BCUT2D eigenvalue weighted by atomic mass is 35.5. The molecule has 7 aromatic rings. The van der Waals surface area contributed by atoms with Crippen molar-refractivity contribution in [2.45, 2.75) is 192 Å². The van der Waals surface area contributed by atoms with Gasteiger partial charge in [-0.05, 0) is 208 Å². The van der Waals surface area contributed by atoms with Gasteiger partial charge in [0.1, 0.15) is 29.1 Å². The van der Waals surface area contributed by atoms with Gasteiger partial charge in [0.25, 0.3) is 0 Å². The molecule has 0 radical (unpaired) electrons. The summed E-state index contributed by atoms with van der Waals surface area (Å²) in [6, 6.07) is 37.7. The maximum Gasteiger partial charge on any atom is 0.127 e. The van der Waals surface area contributed by atoms with Gasteiger partial charge < -0.3 is 0 Å². The summed E-state index contributed by atoms with van der Waals surface area (Å²) in [6.07, 6.45) is 0. The third kappa shape index (κ3) is 26.5. The van der Waals surface area contributed by atoms with Crippen LogP contribution in [0.3, 0.4) is 0 Å². The van der Waals surface area contributed by atoms with Crippen LogP contribution in [0.1, 0.15) is 208 Å². The minimum atomic E-state index is -0.388. The fourth-order valence-corrected chi connectivity index (χ4v) is 9.12. The Kier molecular flexibility index (Phi) is 30.7. The molecule has 80 heavy (non-hydrogen) atoms. The van der Waals surface area contributed by atoms with Crippen molar-refractivity contribution in [3.8, 4) is 0 Å². The highest BCUT2D eigenvalue weighted by molar-refractivity contribution is 6.33. The first-order valence-corrected chi connectivity index (χ1v) is 28.9. The average molecular weight is 1180 g/mol. The Morgan fingerprint density at radius 2 is 0.725 bits per heavy atom. The topological polar surface area (TPSA) is 0 Å². The molecule has 7 rings (SSSR count). The van der Waals surface area contributed by atoms with E-state index in [1.54, 1.807) is 31.2 Å². The molecule has 7 aromatic carbocycles. The molecule has 438 valence electrons. The molecule has 0 atom stereocenters. The highest BCUT2D eigenvalue weighted by Crippen LogP contribution is 2.32. The molecule has 0 aromatic heterocycles. The summed E-state index contributed by atoms with van der Waals surface area (Å²) in [5, 5.41) is 3.30. The van der Waals surface area contributed by atoms with Crippen LogP contribution in [-0.4, -0.2) is 0 Å². The van der Waals surface area contributed by atoms with Crippen molar-refractivity contribution in [3.05, 3.63) is 243 Å². The summed E-state index contributed by atoms with van der Waals surface area (Å²) < 4.78 is 65.2. The molecule has 9 heteroatoms. The minimum Gasteiger partial charge on any atom is -0.207 e. The summed E-state index contributed by atoms with van der Waals surface area (Å²) >= 11 is 23.9. The van der Waals surface area contributed by atoms with E-state index in [9.17, 15) is 22.0 Å². The quantitative estimate of drug-likeness (QED) is 0.154. The van der Waals surface area contributed by atoms with E-state index in [1.807, 2.05) is 130 Å². The van der Waals surface area contributed by atoms with Crippen molar-refractivity contribution < 1.29 is 22.0 Å². The predicted octanol–water partition coefficient (Wildman–Crippen LogP) is 25.0.